The summed E-state index contributed by atoms with van der Waals surface area (Å²) in [5, 5.41) is 2.42. The van der Waals surface area contributed by atoms with Crippen molar-refractivity contribution in [2.24, 2.45) is 4.99 Å². The minimum absolute atomic E-state index is 0.528. The van der Waals surface area contributed by atoms with Gasteiger partial charge in [0.05, 0.1) is 6.54 Å². The summed E-state index contributed by atoms with van der Waals surface area (Å²) in [5.41, 5.74) is 0. The van der Waals surface area contributed by atoms with Gasteiger partial charge in [-0.3, -0.25) is 9.79 Å². The number of nitrogens with one attached hydrogen (secondary N) is 1. The van der Waals surface area contributed by atoms with E-state index in [9.17, 15) is 4.79 Å². The van der Waals surface area contributed by atoms with E-state index in [1.807, 2.05) is 0 Å². The molecule has 7 heavy (non-hydrogen) atoms. The molecule has 0 aliphatic heterocycles. The van der Waals surface area contributed by atoms with Gasteiger partial charge in [-0.25, -0.2) is 0 Å². The number of carbonyl (C=O) groups excluding carboxylic acids is 1. The maximum absolute atomic E-state index is 9.51. The van der Waals surface area contributed by atoms with Gasteiger partial charge in [0.1, 0.15) is 0 Å². The normalized spacial score (nSPS) is 9.29. The molecule has 3 nitrogen and oxygen atoms in total. The van der Waals surface area contributed by atoms with Crippen LogP contribution in [0.2, 0.25) is 0 Å². The van der Waals surface area contributed by atoms with Crippen LogP contribution in [-0.4, -0.2) is 26.2 Å². The monoisotopic (exact) mass is 100 g/mol. The number of nitrogens with zero attached hydrogens (tertiary/aromatic N) is 1. The molecule has 0 saturated carbocycles. The van der Waals surface area contributed by atoms with Gasteiger partial charge < -0.3 is 5.32 Å². The van der Waals surface area contributed by atoms with E-state index in [1.54, 1.807) is 13.3 Å². The molecule has 1 amide bonds. The molecule has 0 aliphatic rings. The third kappa shape index (κ3) is 5.14. The van der Waals surface area contributed by atoms with Crippen LogP contribution in [0.4, 0.5) is 0 Å². The number of amides is 1. The predicted octanol–water partition coefficient (Wildman–Crippen LogP) is -0.567. The average molecular weight is 100 g/mol. The quantitative estimate of drug-likeness (QED) is 0.288. The summed E-state index contributed by atoms with van der Waals surface area (Å²) in [5.74, 6) is 0. The molecule has 0 spiro atoms. The molecular formula is C4H8N2O. The molecule has 40 valence electrons. The Morgan fingerprint density at radius 3 is 3.00 bits per heavy atom. The molecule has 3 heteroatoms. The minimum atomic E-state index is 0.528. The van der Waals surface area contributed by atoms with Crippen LogP contribution in [-0.2, 0) is 4.79 Å². The van der Waals surface area contributed by atoms with Crippen LogP contribution in [0, 0.1) is 0 Å². The first-order valence-corrected chi connectivity index (χ1v) is 1.99. The Labute approximate surface area is 42.4 Å². The van der Waals surface area contributed by atoms with Crippen molar-refractivity contribution in [2.45, 2.75) is 0 Å². The topological polar surface area (TPSA) is 41.5 Å². The molecular weight excluding hydrogens is 92.1 g/mol. The van der Waals surface area contributed by atoms with Crippen molar-refractivity contribution < 1.29 is 4.79 Å². The fourth-order valence-corrected chi connectivity index (χ4v) is 0.192. The molecule has 0 aromatic carbocycles. The first kappa shape index (κ1) is 6.14. The molecule has 0 heterocycles. The summed E-state index contributed by atoms with van der Waals surface area (Å²) >= 11 is 0. The molecule has 0 radical (unpaired) electrons. The van der Waals surface area contributed by atoms with E-state index in [2.05, 4.69) is 10.3 Å². The highest BCUT2D eigenvalue weighted by Gasteiger charge is 1.67. The highest BCUT2D eigenvalue weighted by atomic mass is 16.1. The standard InChI is InChI=1S/C4H8N2O/c1-5-2-3-6-4-7/h2,4H,3H2,1H3,(H,6,7). The van der Waals surface area contributed by atoms with Crippen molar-refractivity contribution in [1.29, 1.82) is 0 Å². The van der Waals surface area contributed by atoms with Crippen molar-refractivity contribution in [1.82, 2.24) is 5.32 Å². The molecule has 0 aliphatic carbocycles. The molecule has 0 unspecified atom stereocenters. The zero-order chi connectivity index (χ0) is 5.54. The lowest BCUT2D eigenvalue weighted by Gasteiger charge is -1.82. The second-order valence-electron chi connectivity index (χ2n) is 0.967. The molecule has 0 rings (SSSR count). The molecule has 0 aromatic heterocycles. The van der Waals surface area contributed by atoms with Crippen LogP contribution < -0.4 is 5.32 Å². The molecule has 0 atom stereocenters. The number of carbonyl (C=O) groups is 1. The van der Waals surface area contributed by atoms with Gasteiger partial charge in [-0.2, -0.15) is 0 Å². The first-order valence-electron chi connectivity index (χ1n) is 1.99. The van der Waals surface area contributed by atoms with Gasteiger partial charge in [-0.15, -0.1) is 0 Å². The lowest BCUT2D eigenvalue weighted by molar-refractivity contribution is -0.109. The molecule has 0 bridgehead atoms. The summed E-state index contributed by atoms with van der Waals surface area (Å²) in [6, 6.07) is 0. The van der Waals surface area contributed by atoms with E-state index in [0.717, 1.165) is 0 Å². The summed E-state index contributed by atoms with van der Waals surface area (Å²) in [4.78, 5) is 13.1. The highest BCUT2D eigenvalue weighted by molar-refractivity contribution is 5.63. The largest absolute Gasteiger partial charge is 0.354 e. The Morgan fingerprint density at radius 2 is 2.57 bits per heavy atom. The van der Waals surface area contributed by atoms with E-state index in [0.29, 0.717) is 13.0 Å². The van der Waals surface area contributed by atoms with Gasteiger partial charge >= 0.3 is 0 Å². The average Bonchev–Trinajstić information content (AvgIpc) is 1.69. The van der Waals surface area contributed by atoms with Crippen molar-refractivity contribution in [3.05, 3.63) is 0 Å². The maximum Gasteiger partial charge on any atom is 0.207 e. The Balaban J connectivity index is 2.82. The van der Waals surface area contributed by atoms with Crippen LogP contribution in [0.1, 0.15) is 0 Å². The Hall–Kier alpha value is -0.860. The number of hydrogen-bond donors (Lipinski definition) is 1. The van der Waals surface area contributed by atoms with E-state index in [-0.39, 0.29) is 0 Å². The minimum Gasteiger partial charge on any atom is -0.354 e. The Morgan fingerprint density at radius 1 is 1.86 bits per heavy atom. The zero-order valence-electron chi connectivity index (χ0n) is 4.22. The van der Waals surface area contributed by atoms with Gasteiger partial charge in [-0.05, 0) is 0 Å². The Kier molecular flexibility index (Phi) is 4.51. The van der Waals surface area contributed by atoms with Crippen molar-refractivity contribution in [2.75, 3.05) is 13.6 Å². The lowest BCUT2D eigenvalue weighted by atomic mass is 10.7. The fraction of sp³-hybridized carbons (Fsp3) is 0.500. The van der Waals surface area contributed by atoms with Crippen LogP contribution in [0.5, 0.6) is 0 Å². The van der Waals surface area contributed by atoms with Crippen LogP contribution >= 0.6 is 0 Å². The van der Waals surface area contributed by atoms with E-state index >= 15 is 0 Å². The SMILES string of the molecule is CN=CCNC=O. The van der Waals surface area contributed by atoms with Gasteiger partial charge in [0.15, 0.2) is 0 Å². The van der Waals surface area contributed by atoms with E-state index < -0.39 is 0 Å². The summed E-state index contributed by atoms with van der Waals surface area (Å²) in [7, 11) is 1.66. The molecule has 0 saturated heterocycles. The van der Waals surface area contributed by atoms with E-state index in [1.165, 1.54) is 0 Å². The molecule has 1 N–H and O–H groups in total. The van der Waals surface area contributed by atoms with Crippen LogP contribution in [0.15, 0.2) is 4.99 Å². The summed E-state index contributed by atoms with van der Waals surface area (Å²) in [6.07, 6.45) is 2.26. The van der Waals surface area contributed by atoms with Crippen LogP contribution in [0.3, 0.4) is 0 Å². The van der Waals surface area contributed by atoms with Crippen LogP contribution in [0.25, 0.3) is 0 Å². The number of aliphatic imine (C=N–C) groups is 1. The smallest absolute Gasteiger partial charge is 0.207 e. The molecule has 0 aromatic rings. The third-order valence-electron chi connectivity index (χ3n) is 0.475. The van der Waals surface area contributed by atoms with Gasteiger partial charge in [0.25, 0.3) is 0 Å². The third-order valence-corrected chi connectivity index (χ3v) is 0.475. The Bertz CT molecular complexity index is 70.1. The zero-order valence-corrected chi connectivity index (χ0v) is 4.22. The lowest BCUT2D eigenvalue weighted by Crippen LogP contribution is -2.12. The second-order valence-corrected chi connectivity index (χ2v) is 0.967. The molecule has 0 fully saturated rings. The second kappa shape index (κ2) is 5.14. The number of rotatable bonds is 3. The van der Waals surface area contributed by atoms with Crippen molar-refractivity contribution in [3.8, 4) is 0 Å². The number of hydrogen-bond acceptors (Lipinski definition) is 2. The first-order chi connectivity index (χ1) is 3.41. The van der Waals surface area contributed by atoms with E-state index in [4.69, 9.17) is 0 Å². The summed E-state index contributed by atoms with van der Waals surface area (Å²) < 4.78 is 0. The van der Waals surface area contributed by atoms with Gasteiger partial charge in [0.2, 0.25) is 6.41 Å². The van der Waals surface area contributed by atoms with Crippen molar-refractivity contribution in [3.63, 3.8) is 0 Å². The fourth-order valence-electron chi connectivity index (χ4n) is 0.192. The van der Waals surface area contributed by atoms with Gasteiger partial charge in [-0.1, -0.05) is 0 Å². The highest BCUT2D eigenvalue weighted by Crippen LogP contribution is 1.47. The van der Waals surface area contributed by atoms with Gasteiger partial charge in [0, 0.05) is 13.3 Å². The van der Waals surface area contributed by atoms with Crippen molar-refractivity contribution >= 4 is 12.6 Å². The summed E-state index contributed by atoms with van der Waals surface area (Å²) in [6.45, 7) is 0.528. The maximum atomic E-state index is 9.51. The predicted molar refractivity (Wildman–Crippen MR) is 28.5 cm³/mol.